The molecule has 0 heterocycles. The number of nitro groups is 1. The van der Waals surface area contributed by atoms with Gasteiger partial charge < -0.3 is 14.6 Å². The molecule has 0 amide bonds. The van der Waals surface area contributed by atoms with Crippen molar-refractivity contribution in [1.29, 1.82) is 0 Å². The zero-order chi connectivity index (χ0) is 13.9. The lowest BCUT2D eigenvalue weighted by molar-refractivity contribution is -0.385. The van der Waals surface area contributed by atoms with Crippen LogP contribution in [0.3, 0.4) is 0 Å². The first kappa shape index (κ1) is 13.4. The molecular weight excluding hydrogens is 246 g/mol. The predicted octanol–water partition coefficient (Wildman–Crippen LogP) is 1.23. The largest absolute Gasteiger partial charge is 0.493 e. The first-order valence-electron chi connectivity index (χ1n) is 4.65. The van der Waals surface area contributed by atoms with Gasteiger partial charge in [-0.25, -0.2) is 4.79 Å². The minimum atomic E-state index is -1.50. The summed E-state index contributed by atoms with van der Waals surface area (Å²) in [6, 6.07) is 1.77. The van der Waals surface area contributed by atoms with Gasteiger partial charge >= 0.3 is 11.9 Å². The maximum absolute atomic E-state index is 10.9. The van der Waals surface area contributed by atoms with Crippen LogP contribution in [-0.2, 0) is 4.79 Å². The number of carbonyl (C=O) groups is 2. The van der Waals surface area contributed by atoms with Crippen LogP contribution in [-0.4, -0.2) is 29.1 Å². The average Bonchev–Trinajstić information content (AvgIpc) is 2.27. The Morgan fingerprint density at radius 3 is 2.33 bits per heavy atom. The van der Waals surface area contributed by atoms with E-state index in [9.17, 15) is 19.7 Å². The summed E-state index contributed by atoms with van der Waals surface area (Å²) >= 11 is 0. The van der Waals surface area contributed by atoms with Crippen LogP contribution in [0.25, 0.3) is 0 Å². The number of aromatic carboxylic acids is 1. The Bertz CT molecular complexity index is 523. The maximum Gasteiger partial charge on any atom is 0.342 e. The van der Waals surface area contributed by atoms with Crippen molar-refractivity contribution >= 4 is 17.6 Å². The van der Waals surface area contributed by atoms with E-state index in [1.54, 1.807) is 0 Å². The number of methoxy groups -OCH3 is 1. The summed E-state index contributed by atoms with van der Waals surface area (Å²) in [6.07, 6.45) is 0. The van der Waals surface area contributed by atoms with E-state index in [1.165, 1.54) is 7.11 Å². The number of carboxylic acid groups (broad SMARTS) is 1. The van der Waals surface area contributed by atoms with E-state index in [2.05, 4.69) is 0 Å². The van der Waals surface area contributed by atoms with Crippen LogP contribution in [0.1, 0.15) is 17.3 Å². The molecule has 0 aromatic heterocycles. The second-order valence-corrected chi connectivity index (χ2v) is 3.18. The van der Waals surface area contributed by atoms with Crippen LogP contribution in [0, 0.1) is 10.1 Å². The number of hydrogen-bond donors (Lipinski definition) is 1. The quantitative estimate of drug-likeness (QED) is 0.372. The standard InChI is InChI=1S/C10H9NO7/c1-5(12)18-9-3-6(10(13)14)7(11(15)16)4-8(9)17-2/h3-4H,1-2H3,(H,13,14). The number of nitro benzene ring substituents is 1. The van der Waals surface area contributed by atoms with Crippen molar-refractivity contribution in [2.45, 2.75) is 6.92 Å². The molecule has 1 aromatic carbocycles. The van der Waals surface area contributed by atoms with Crippen molar-refractivity contribution in [2.75, 3.05) is 7.11 Å². The number of benzene rings is 1. The van der Waals surface area contributed by atoms with Crippen molar-refractivity contribution in [1.82, 2.24) is 0 Å². The molecule has 0 radical (unpaired) electrons. The van der Waals surface area contributed by atoms with E-state index >= 15 is 0 Å². The highest BCUT2D eigenvalue weighted by Gasteiger charge is 2.24. The Morgan fingerprint density at radius 2 is 1.94 bits per heavy atom. The molecule has 0 bridgehead atoms. The summed E-state index contributed by atoms with van der Waals surface area (Å²) in [5.74, 6) is -2.48. The van der Waals surface area contributed by atoms with E-state index in [0.29, 0.717) is 0 Å². The number of ether oxygens (including phenoxy) is 2. The molecule has 0 aliphatic heterocycles. The first-order valence-corrected chi connectivity index (χ1v) is 4.65. The van der Waals surface area contributed by atoms with Gasteiger partial charge in [-0.2, -0.15) is 0 Å². The Labute approximate surface area is 101 Å². The smallest absolute Gasteiger partial charge is 0.342 e. The second kappa shape index (κ2) is 5.13. The van der Waals surface area contributed by atoms with Crippen LogP contribution in [0.5, 0.6) is 11.5 Å². The van der Waals surface area contributed by atoms with Gasteiger partial charge in [0.05, 0.1) is 18.1 Å². The summed E-state index contributed by atoms with van der Waals surface area (Å²) in [4.78, 5) is 31.5. The summed E-state index contributed by atoms with van der Waals surface area (Å²) < 4.78 is 9.51. The maximum atomic E-state index is 10.9. The zero-order valence-electron chi connectivity index (χ0n) is 9.50. The van der Waals surface area contributed by atoms with Crippen LogP contribution < -0.4 is 9.47 Å². The molecule has 0 saturated heterocycles. The minimum absolute atomic E-state index is 0.0955. The van der Waals surface area contributed by atoms with Crippen LogP contribution in [0.2, 0.25) is 0 Å². The van der Waals surface area contributed by atoms with E-state index in [0.717, 1.165) is 19.1 Å². The van der Waals surface area contributed by atoms with Gasteiger partial charge in [0.1, 0.15) is 5.56 Å². The van der Waals surface area contributed by atoms with E-state index in [-0.39, 0.29) is 11.5 Å². The Kier molecular flexibility index (Phi) is 3.82. The number of hydrogen-bond acceptors (Lipinski definition) is 6. The van der Waals surface area contributed by atoms with Crippen molar-refractivity contribution in [2.24, 2.45) is 0 Å². The summed E-state index contributed by atoms with van der Waals surface area (Å²) in [6.45, 7) is 1.11. The van der Waals surface area contributed by atoms with Crippen molar-refractivity contribution < 1.29 is 29.1 Å². The summed E-state index contributed by atoms with van der Waals surface area (Å²) in [7, 11) is 1.21. The fourth-order valence-electron chi connectivity index (χ4n) is 1.27. The summed E-state index contributed by atoms with van der Waals surface area (Å²) in [5.41, 5.74) is -1.23. The first-order chi connectivity index (χ1) is 8.36. The van der Waals surface area contributed by atoms with Gasteiger partial charge in [-0.05, 0) is 0 Å². The third-order valence-electron chi connectivity index (χ3n) is 1.96. The third-order valence-corrected chi connectivity index (χ3v) is 1.96. The van der Waals surface area contributed by atoms with Gasteiger partial charge in [0.15, 0.2) is 11.5 Å². The average molecular weight is 255 g/mol. The number of esters is 1. The number of nitrogens with zero attached hydrogens (tertiary/aromatic N) is 1. The molecule has 0 spiro atoms. The van der Waals surface area contributed by atoms with Gasteiger partial charge in [0.25, 0.3) is 5.69 Å². The molecule has 1 aromatic rings. The monoisotopic (exact) mass is 255 g/mol. The Morgan fingerprint density at radius 1 is 1.33 bits per heavy atom. The lowest BCUT2D eigenvalue weighted by Crippen LogP contribution is -2.07. The molecule has 96 valence electrons. The molecule has 1 rings (SSSR count). The van der Waals surface area contributed by atoms with Gasteiger partial charge in [-0.3, -0.25) is 14.9 Å². The third kappa shape index (κ3) is 2.73. The van der Waals surface area contributed by atoms with Gasteiger partial charge in [0, 0.05) is 13.0 Å². The van der Waals surface area contributed by atoms with Crippen LogP contribution >= 0.6 is 0 Å². The number of carboxylic acids is 1. The molecule has 18 heavy (non-hydrogen) atoms. The molecule has 0 unspecified atom stereocenters. The van der Waals surface area contributed by atoms with Crippen molar-refractivity contribution in [3.05, 3.63) is 27.8 Å². The zero-order valence-corrected chi connectivity index (χ0v) is 9.50. The van der Waals surface area contributed by atoms with Gasteiger partial charge in [-0.15, -0.1) is 0 Å². The fraction of sp³-hybridized carbons (Fsp3) is 0.200. The van der Waals surface area contributed by atoms with Gasteiger partial charge in [0.2, 0.25) is 0 Å². The number of carbonyl (C=O) groups excluding carboxylic acids is 1. The molecule has 8 nitrogen and oxygen atoms in total. The van der Waals surface area contributed by atoms with Crippen LogP contribution in [0.15, 0.2) is 12.1 Å². The lowest BCUT2D eigenvalue weighted by Gasteiger charge is -2.09. The molecule has 0 atom stereocenters. The fourth-order valence-corrected chi connectivity index (χ4v) is 1.27. The highest BCUT2D eigenvalue weighted by Crippen LogP contribution is 2.34. The Hall–Kier alpha value is -2.64. The molecule has 0 fully saturated rings. The van der Waals surface area contributed by atoms with Crippen molar-refractivity contribution in [3.8, 4) is 11.5 Å². The Balaban J connectivity index is 3.45. The van der Waals surface area contributed by atoms with E-state index in [4.69, 9.17) is 14.6 Å². The molecule has 0 aliphatic rings. The summed E-state index contributed by atoms with van der Waals surface area (Å²) in [5, 5.41) is 19.6. The second-order valence-electron chi connectivity index (χ2n) is 3.18. The lowest BCUT2D eigenvalue weighted by atomic mass is 10.1. The van der Waals surface area contributed by atoms with Gasteiger partial charge in [-0.1, -0.05) is 0 Å². The van der Waals surface area contributed by atoms with E-state index in [1.807, 2.05) is 0 Å². The number of rotatable bonds is 4. The topological polar surface area (TPSA) is 116 Å². The van der Waals surface area contributed by atoms with Crippen LogP contribution in [0.4, 0.5) is 5.69 Å². The SMILES string of the molecule is COc1cc([N+](=O)[O-])c(C(=O)O)cc1OC(C)=O. The molecule has 0 aliphatic carbocycles. The predicted molar refractivity (Wildman–Crippen MR) is 57.9 cm³/mol. The molecule has 0 saturated carbocycles. The van der Waals surface area contributed by atoms with E-state index < -0.39 is 28.1 Å². The highest BCUT2D eigenvalue weighted by atomic mass is 16.6. The molecule has 1 N–H and O–H groups in total. The highest BCUT2D eigenvalue weighted by molar-refractivity contribution is 5.93. The van der Waals surface area contributed by atoms with Crippen molar-refractivity contribution in [3.63, 3.8) is 0 Å². The molecule has 8 heteroatoms. The normalized spacial score (nSPS) is 9.67. The molecular formula is C10H9NO7. The minimum Gasteiger partial charge on any atom is -0.493 e.